The maximum Gasteiger partial charge on any atom is 0.311 e. The monoisotopic (exact) mass is 593 g/mol. The summed E-state index contributed by atoms with van der Waals surface area (Å²) in [6.07, 6.45) is 11.1. The van der Waals surface area contributed by atoms with Gasteiger partial charge in [0.2, 0.25) is 0 Å². The van der Waals surface area contributed by atoms with Crippen molar-refractivity contribution in [3.63, 3.8) is 0 Å². The predicted molar refractivity (Wildman–Crippen MR) is 162 cm³/mol. The number of hydrogen-bond acceptors (Lipinski definition) is 8. The molecule has 42 heavy (non-hydrogen) atoms. The molecule has 0 radical (unpaired) electrons. The van der Waals surface area contributed by atoms with Crippen molar-refractivity contribution in [3.05, 3.63) is 0 Å². The summed E-state index contributed by atoms with van der Waals surface area (Å²) in [6.45, 7) is 10.4. The SMILES string of the molecule is CCC[C@H]1C[C@@H]2CC[C@@H](O2)[C@H](C)C(=O)O[C@@H]([C@H](C)[C@H]2CC[C@@H](C[C@@H](CCC)N(C)C)O2)C[C@@H]2CC[C@@H](O2)[C@@H](C)C(=O)O1. The minimum atomic E-state index is -0.353. The van der Waals surface area contributed by atoms with Crippen molar-refractivity contribution in [2.24, 2.45) is 17.8 Å². The first kappa shape index (κ1) is 33.7. The lowest BCUT2D eigenvalue weighted by Gasteiger charge is -2.33. The topological polar surface area (TPSA) is 83.5 Å². The van der Waals surface area contributed by atoms with Gasteiger partial charge < -0.3 is 28.6 Å². The number of carbonyl (C=O) groups excluding carboxylic acids is 2. The Kier molecular flexibility index (Phi) is 12.6. The van der Waals surface area contributed by atoms with Crippen molar-refractivity contribution in [1.82, 2.24) is 4.90 Å². The van der Waals surface area contributed by atoms with Crippen LogP contribution in [0, 0.1) is 17.8 Å². The van der Waals surface area contributed by atoms with Crippen LogP contribution in [-0.4, -0.2) is 85.8 Å². The number of fused-ring (bicyclic) bond motifs is 4. The third-order valence-electron chi connectivity index (χ3n) is 10.5. The third-order valence-corrected chi connectivity index (χ3v) is 10.5. The average molecular weight is 594 g/mol. The van der Waals surface area contributed by atoms with E-state index in [1.807, 2.05) is 13.8 Å². The second-order valence-corrected chi connectivity index (χ2v) is 14.0. The maximum absolute atomic E-state index is 13.6. The molecular weight excluding hydrogens is 534 g/mol. The molecule has 4 aliphatic heterocycles. The van der Waals surface area contributed by atoms with Crippen LogP contribution < -0.4 is 0 Å². The highest BCUT2D eigenvalue weighted by Gasteiger charge is 2.43. The molecule has 12 atom stereocenters. The molecular formula is C34H59NO7. The van der Waals surface area contributed by atoms with Crippen LogP contribution in [0.1, 0.15) is 118 Å². The van der Waals surface area contributed by atoms with Crippen LogP contribution in [0.15, 0.2) is 0 Å². The summed E-state index contributed by atoms with van der Waals surface area (Å²) in [5.41, 5.74) is 0. The van der Waals surface area contributed by atoms with E-state index in [4.69, 9.17) is 23.7 Å². The molecule has 0 N–H and O–H groups in total. The Morgan fingerprint density at radius 2 is 1.36 bits per heavy atom. The quantitative estimate of drug-likeness (QED) is 0.298. The van der Waals surface area contributed by atoms with E-state index < -0.39 is 0 Å². The molecule has 4 fully saturated rings. The summed E-state index contributed by atoms with van der Waals surface area (Å²) >= 11 is 0. The molecule has 0 aromatic rings. The van der Waals surface area contributed by atoms with Gasteiger partial charge in [0.05, 0.1) is 48.5 Å². The van der Waals surface area contributed by atoms with Crippen LogP contribution in [0.5, 0.6) is 0 Å². The average Bonchev–Trinajstić information content (AvgIpc) is 3.72. The standard InChI is InChI=1S/C34H59NO7/c1-8-10-24(35(6)7)18-26-12-15-29(38-26)21(3)32-20-28-14-17-30(40-28)22(4)33(36)41-25(11-9-2)19-27-13-16-31(39-27)23(5)34(37)42-32/h21-32H,8-20H2,1-7H3/t21-,22-,23+,24-,25+,26+,27+,28+,29-,30-,31-,32-/m1/s1. The van der Waals surface area contributed by atoms with Gasteiger partial charge in [-0.05, 0) is 85.7 Å². The molecule has 4 aliphatic rings. The van der Waals surface area contributed by atoms with Crippen molar-refractivity contribution in [3.8, 4) is 0 Å². The molecule has 0 aromatic heterocycles. The van der Waals surface area contributed by atoms with Gasteiger partial charge in [0.25, 0.3) is 0 Å². The Bertz CT molecular complexity index is 867. The van der Waals surface area contributed by atoms with Crippen LogP contribution >= 0.6 is 0 Å². The minimum absolute atomic E-state index is 0.0119. The number of hydrogen-bond donors (Lipinski definition) is 0. The number of cyclic esters (lactones) is 2. The lowest BCUT2D eigenvalue weighted by atomic mass is 9.90. The second kappa shape index (κ2) is 15.7. The highest BCUT2D eigenvalue weighted by atomic mass is 16.6. The van der Waals surface area contributed by atoms with Gasteiger partial charge in [0.1, 0.15) is 12.2 Å². The zero-order chi connectivity index (χ0) is 30.4. The number of carbonyl (C=O) groups is 2. The van der Waals surface area contributed by atoms with Crippen LogP contribution in [0.25, 0.3) is 0 Å². The van der Waals surface area contributed by atoms with Crippen molar-refractivity contribution in [1.29, 1.82) is 0 Å². The Labute approximate surface area is 254 Å². The van der Waals surface area contributed by atoms with Crippen LogP contribution in [0.2, 0.25) is 0 Å². The molecule has 0 unspecified atom stereocenters. The van der Waals surface area contributed by atoms with Gasteiger partial charge in [-0.15, -0.1) is 0 Å². The Morgan fingerprint density at radius 3 is 1.95 bits per heavy atom. The molecule has 4 saturated heterocycles. The molecule has 4 heterocycles. The zero-order valence-electron chi connectivity index (χ0n) is 27.4. The highest BCUT2D eigenvalue weighted by molar-refractivity contribution is 5.73. The molecule has 0 saturated carbocycles. The third kappa shape index (κ3) is 8.70. The summed E-state index contributed by atoms with van der Waals surface area (Å²) in [6, 6.07) is 0.514. The molecule has 0 spiro atoms. The molecule has 4 bridgehead atoms. The molecule has 0 amide bonds. The normalized spacial score (nSPS) is 39.7. The first-order valence-electron chi connectivity index (χ1n) is 17.1. The predicted octanol–water partition coefficient (Wildman–Crippen LogP) is 6.08. The summed E-state index contributed by atoms with van der Waals surface area (Å²) in [5, 5.41) is 0. The first-order valence-corrected chi connectivity index (χ1v) is 17.1. The smallest absolute Gasteiger partial charge is 0.311 e. The van der Waals surface area contributed by atoms with E-state index in [9.17, 15) is 9.59 Å². The van der Waals surface area contributed by atoms with E-state index in [-0.39, 0.29) is 78.5 Å². The van der Waals surface area contributed by atoms with Crippen molar-refractivity contribution in [2.75, 3.05) is 14.1 Å². The first-order chi connectivity index (χ1) is 20.1. The highest BCUT2D eigenvalue weighted by Crippen LogP contribution is 2.37. The van der Waals surface area contributed by atoms with Crippen molar-refractivity contribution in [2.45, 2.75) is 173 Å². The number of nitrogens with zero attached hydrogens (tertiary/aromatic N) is 1. The molecule has 8 heteroatoms. The summed E-state index contributed by atoms with van der Waals surface area (Å²) in [5.74, 6) is -0.992. The van der Waals surface area contributed by atoms with Crippen molar-refractivity contribution < 1.29 is 33.3 Å². The van der Waals surface area contributed by atoms with Gasteiger partial charge in [-0.25, -0.2) is 0 Å². The minimum Gasteiger partial charge on any atom is -0.462 e. The maximum atomic E-state index is 13.6. The van der Waals surface area contributed by atoms with Crippen LogP contribution in [0.4, 0.5) is 0 Å². The summed E-state index contributed by atoms with van der Waals surface area (Å²) < 4.78 is 31.9. The van der Waals surface area contributed by atoms with E-state index in [2.05, 4.69) is 39.8 Å². The van der Waals surface area contributed by atoms with E-state index in [0.717, 1.165) is 64.2 Å². The Morgan fingerprint density at radius 1 is 0.738 bits per heavy atom. The molecule has 8 nitrogen and oxygen atoms in total. The van der Waals surface area contributed by atoms with Gasteiger partial charge in [-0.2, -0.15) is 0 Å². The van der Waals surface area contributed by atoms with E-state index in [0.29, 0.717) is 18.9 Å². The van der Waals surface area contributed by atoms with Crippen molar-refractivity contribution >= 4 is 11.9 Å². The molecule has 0 aliphatic carbocycles. The van der Waals surface area contributed by atoms with Gasteiger partial charge in [0, 0.05) is 24.8 Å². The fourth-order valence-electron chi connectivity index (χ4n) is 7.61. The number of esters is 2. The van der Waals surface area contributed by atoms with E-state index in [1.54, 1.807) is 0 Å². The van der Waals surface area contributed by atoms with Crippen LogP contribution in [-0.2, 0) is 33.3 Å². The zero-order valence-corrected chi connectivity index (χ0v) is 27.4. The van der Waals surface area contributed by atoms with Gasteiger partial charge in [-0.3, -0.25) is 9.59 Å². The summed E-state index contributed by atoms with van der Waals surface area (Å²) in [7, 11) is 4.31. The van der Waals surface area contributed by atoms with E-state index in [1.165, 1.54) is 6.42 Å². The lowest BCUT2D eigenvalue weighted by molar-refractivity contribution is -0.169. The lowest BCUT2D eigenvalue weighted by Crippen LogP contribution is -2.40. The molecule has 4 rings (SSSR count). The fourth-order valence-corrected chi connectivity index (χ4v) is 7.61. The van der Waals surface area contributed by atoms with E-state index >= 15 is 0 Å². The van der Waals surface area contributed by atoms with Gasteiger partial charge >= 0.3 is 11.9 Å². The van der Waals surface area contributed by atoms with Gasteiger partial charge in [-0.1, -0.05) is 33.6 Å². The Hall–Kier alpha value is -1.22. The number of ether oxygens (including phenoxy) is 5. The number of rotatable bonds is 9. The Balaban J connectivity index is 1.47. The van der Waals surface area contributed by atoms with Gasteiger partial charge in [0.15, 0.2) is 0 Å². The summed E-state index contributed by atoms with van der Waals surface area (Å²) in [4.78, 5) is 29.1. The fraction of sp³-hybridized carbons (Fsp3) is 0.941. The molecule has 0 aromatic carbocycles. The second-order valence-electron chi connectivity index (χ2n) is 14.0. The largest absolute Gasteiger partial charge is 0.462 e. The van der Waals surface area contributed by atoms with Crippen LogP contribution in [0.3, 0.4) is 0 Å². The molecule has 242 valence electrons.